The van der Waals surface area contributed by atoms with E-state index in [1.54, 1.807) is 41.5 Å². The van der Waals surface area contributed by atoms with Gasteiger partial charge in [0.05, 0.1) is 29.4 Å². The van der Waals surface area contributed by atoms with Crippen molar-refractivity contribution < 1.29 is 40.6 Å². The van der Waals surface area contributed by atoms with Crippen molar-refractivity contribution in [1.82, 2.24) is 0 Å². The Morgan fingerprint density at radius 1 is 0.622 bits per heavy atom. The van der Waals surface area contributed by atoms with Crippen LogP contribution in [0, 0.1) is 5.92 Å². The molecule has 37 heavy (non-hydrogen) atoms. The summed E-state index contributed by atoms with van der Waals surface area (Å²) in [5.41, 5.74) is -2.75. The molecule has 0 aromatic heterocycles. The fourth-order valence-corrected chi connectivity index (χ4v) is 4.35. The van der Waals surface area contributed by atoms with E-state index in [-0.39, 0.29) is 36.4 Å². The lowest BCUT2D eigenvalue weighted by Crippen LogP contribution is -2.51. The minimum Gasteiger partial charge on any atom is -0.324 e. The minimum atomic E-state index is -4.92. The predicted octanol–water partition coefficient (Wildman–Crippen LogP) is 9.56. The third-order valence-electron chi connectivity index (χ3n) is 5.74. The zero-order valence-electron chi connectivity index (χ0n) is 23.2. The highest BCUT2D eigenvalue weighted by Gasteiger charge is 2.46. The number of alkyl halides is 6. The van der Waals surface area contributed by atoms with Crippen molar-refractivity contribution in [3.05, 3.63) is 34.9 Å². The normalized spacial score (nSPS) is 14.3. The van der Waals surface area contributed by atoms with Crippen LogP contribution < -0.4 is 0 Å². The van der Waals surface area contributed by atoms with Crippen LogP contribution >= 0.6 is 0 Å². The van der Waals surface area contributed by atoms with E-state index in [1.807, 2.05) is 0 Å². The third-order valence-corrected chi connectivity index (χ3v) is 5.74. The highest BCUT2D eigenvalue weighted by Crippen LogP contribution is 2.40. The standard InChI is InChI=1S/C28H44F6O3/c1-8-9-10-11-12-13-14-23(28(35-19(2)3,36-20(4)5)37-21(6)7)15-22-16-24(26(29,30)31)18-25(17-22)27(32,33)34/h16-21,23H,8-15H2,1-7H3. The lowest BCUT2D eigenvalue weighted by Gasteiger charge is -2.43. The summed E-state index contributed by atoms with van der Waals surface area (Å²) in [4.78, 5) is 0. The lowest BCUT2D eigenvalue weighted by molar-refractivity contribution is -0.432. The van der Waals surface area contributed by atoms with Crippen molar-refractivity contribution in [2.45, 2.75) is 136 Å². The summed E-state index contributed by atoms with van der Waals surface area (Å²) in [6.07, 6.45) is -4.73. The lowest BCUT2D eigenvalue weighted by atomic mass is 9.89. The van der Waals surface area contributed by atoms with Gasteiger partial charge in [-0.05, 0) is 78.1 Å². The van der Waals surface area contributed by atoms with E-state index in [1.165, 1.54) is 0 Å². The molecule has 216 valence electrons. The largest absolute Gasteiger partial charge is 0.416 e. The van der Waals surface area contributed by atoms with Crippen LogP contribution in [0.5, 0.6) is 0 Å². The molecular weight excluding hydrogens is 498 g/mol. The van der Waals surface area contributed by atoms with Gasteiger partial charge in [-0.25, -0.2) is 0 Å². The van der Waals surface area contributed by atoms with Crippen LogP contribution in [0.4, 0.5) is 26.3 Å². The third kappa shape index (κ3) is 11.9. The molecule has 1 aromatic rings. The van der Waals surface area contributed by atoms with Crippen molar-refractivity contribution in [2.24, 2.45) is 5.92 Å². The number of unbranched alkanes of at least 4 members (excludes halogenated alkanes) is 5. The van der Waals surface area contributed by atoms with Crippen LogP contribution in [0.15, 0.2) is 18.2 Å². The van der Waals surface area contributed by atoms with Gasteiger partial charge in [0.1, 0.15) is 0 Å². The van der Waals surface area contributed by atoms with Gasteiger partial charge in [0, 0.05) is 5.92 Å². The molecule has 0 heterocycles. The average molecular weight is 543 g/mol. The summed E-state index contributed by atoms with van der Waals surface area (Å²) < 4.78 is 99.8. The first-order valence-corrected chi connectivity index (χ1v) is 13.3. The van der Waals surface area contributed by atoms with Gasteiger partial charge in [0.15, 0.2) is 0 Å². The molecule has 0 aliphatic carbocycles. The number of hydrogen-bond acceptors (Lipinski definition) is 3. The summed E-state index contributed by atoms with van der Waals surface area (Å²) in [7, 11) is 0. The minimum absolute atomic E-state index is 0.0884. The number of rotatable bonds is 16. The van der Waals surface area contributed by atoms with Crippen LogP contribution in [-0.2, 0) is 33.0 Å². The molecular formula is C28H44F6O3. The summed E-state index contributed by atoms with van der Waals surface area (Å²) in [6.45, 7) is 12.8. The molecule has 9 heteroatoms. The van der Waals surface area contributed by atoms with Gasteiger partial charge in [0.2, 0.25) is 0 Å². The van der Waals surface area contributed by atoms with Gasteiger partial charge in [-0.15, -0.1) is 0 Å². The van der Waals surface area contributed by atoms with E-state index >= 15 is 0 Å². The summed E-state index contributed by atoms with van der Waals surface area (Å²) in [5.74, 6) is -2.28. The zero-order valence-corrected chi connectivity index (χ0v) is 23.2. The Morgan fingerprint density at radius 2 is 1.03 bits per heavy atom. The number of hydrogen-bond donors (Lipinski definition) is 0. The maximum absolute atomic E-state index is 13.5. The molecule has 0 radical (unpaired) electrons. The average Bonchev–Trinajstić information content (AvgIpc) is 2.72. The molecule has 1 unspecified atom stereocenters. The second kappa shape index (κ2) is 14.7. The molecule has 0 amide bonds. The molecule has 0 N–H and O–H groups in total. The summed E-state index contributed by atoms with van der Waals surface area (Å²) in [5, 5.41) is 0. The number of benzene rings is 1. The fourth-order valence-electron chi connectivity index (χ4n) is 4.35. The first kappa shape index (κ1) is 33.7. The van der Waals surface area contributed by atoms with Crippen LogP contribution in [-0.4, -0.2) is 24.3 Å². The van der Waals surface area contributed by atoms with E-state index in [0.717, 1.165) is 44.2 Å². The van der Waals surface area contributed by atoms with Gasteiger partial charge in [-0.1, -0.05) is 45.4 Å². The number of halogens is 6. The zero-order chi connectivity index (χ0) is 28.4. The summed E-state index contributed by atoms with van der Waals surface area (Å²) in [6, 6.07) is 1.72. The topological polar surface area (TPSA) is 27.7 Å². The van der Waals surface area contributed by atoms with Crippen molar-refractivity contribution in [2.75, 3.05) is 0 Å². The number of ether oxygens (including phenoxy) is 3. The Morgan fingerprint density at radius 3 is 1.41 bits per heavy atom. The van der Waals surface area contributed by atoms with E-state index in [9.17, 15) is 26.3 Å². The smallest absolute Gasteiger partial charge is 0.324 e. The molecule has 0 saturated heterocycles. The first-order chi connectivity index (χ1) is 17.0. The molecule has 0 aliphatic rings. The molecule has 3 nitrogen and oxygen atoms in total. The second-order valence-corrected chi connectivity index (χ2v) is 10.5. The van der Waals surface area contributed by atoms with Gasteiger partial charge in [-0.2, -0.15) is 26.3 Å². The van der Waals surface area contributed by atoms with E-state index in [2.05, 4.69) is 6.92 Å². The molecule has 0 fully saturated rings. The van der Waals surface area contributed by atoms with Gasteiger partial charge < -0.3 is 14.2 Å². The van der Waals surface area contributed by atoms with Crippen LogP contribution in [0.2, 0.25) is 0 Å². The molecule has 0 aliphatic heterocycles. The van der Waals surface area contributed by atoms with E-state index < -0.39 is 35.4 Å². The Hall–Kier alpha value is -1.32. The maximum atomic E-state index is 13.5. The second-order valence-electron chi connectivity index (χ2n) is 10.5. The van der Waals surface area contributed by atoms with Gasteiger partial charge in [0.25, 0.3) is 5.97 Å². The van der Waals surface area contributed by atoms with E-state index in [4.69, 9.17) is 14.2 Å². The van der Waals surface area contributed by atoms with Gasteiger partial charge in [-0.3, -0.25) is 0 Å². The predicted molar refractivity (Wildman–Crippen MR) is 133 cm³/mol. The van der Waals surface area contributed by atoms with Crippen molar-refractivity contribution in [3.8, 4) is 0 Å². The fraction of sp³-hybridized carbons (Fsp3) is 0.786. The van der Waals surface area contributed by atoms with Crippen LogP contribution in [0.1, 0.15) is 110 Å². The van der Waals surface area contributed by atoms with E-state index in [0.29, 0.717) is 12.8 Å². The summed E-state index contributed by atoms with van der Waals surface area (Å²) >= 11 is 0. The molecule has 0 saturated carbocycles. The first-order valence-electron chi connectivity index (χ1n) is 13.3. The molecule has 1 rings (SSSR count). The molecule has 1 aromatic carbocycles. The van der Waals surface area contributed by atoms with Gasteiger partial charge >= 0.3 is 12.4 Å². The highest BCUT2D eigenvalue weighted by atomic mass is 19.4. The Bertz CT molecular complexity index is 728. The molecule has 1 atom stereocenters. The van der Waals surface area contributed by atoms with Crippen molar-refractivity contribution >= 4 is 0 Å². The molecule has 0 spiro atoms. The Labute approximate surface area is 218 Å². The SMILES string of the molecule is CCCCCCCCC(Cc1cc(C(F)(F)F)cc(C(F)(F)F)c1)C(OC(C)C)(OC(C)C)OC(C)C. The van der Waals surface area contributed by atoms with Crippen LogP contribution in [0.25, 0.3) is 0 Å². The van der Waals surface area contributed by atoms with Crippen molar-refractivity contribution in [1.29, 1.82) is 0 Å². The maximum Gasteiger partial charge on any atom is 0.416 e. The highest BCUT2D eigenvalue weighted by molar-refractivity contribution is 5.34. The van der Waals surface area contributed by atoms with Crippen LogP contribution in [0.3, 0.4) is 0 Å². The van der Waals surface area contributed by atoms with Crippen molar-refractivity contribution in [3.63, 3.8) is 0 Å². The Kier molecular flexibility index (Phi) is 13.4. The quantitative estimate of drug-likeness (QED) is 0.118. The Balaban J connectivity index is 3.54. The molecule has 0 bridgehead atoms. The monoisotopic (exact) mass is 542 g/mol.